The summed E-state index contributed by atoms with van der Waals surface area (Å²) >= 11 is 5.98. The van der Waals surface area contributed by atoms with E-state index in [9.17, 15) is 0 Å². The quantitative estimate of drug-likeness (QED) is 0.616. The summed E-state index contributed by atoms with van der Waals surface area (Å²) in [6.45, 7) is 8.49. The van der Waals surface area contributed by atoms with Gasteiger partial charge in [-0.3, -0.25) is 0 Å². The lowest BCUT2D eigenvalue weighted by molar-refractivity contribution is 0.584. The fraction of sp³-hybridized carbons (Fsp3) is 0.625. The SMILES string of the molecule is Cc1nc(C(C)(C)C)sc1S. The second kappa shape index (κ2) is 2.79. The molecule has 0 fully saturated rings. The average molecular weight is 187 g/mol. The first-order valence-corrected chi connectivity index (χ1v) is 4.84. The standard InChI is InChI=1S/C8H13NS2/c1-5-6(10)11-7(9-5)8(2,3)4/h10H,1-4H3. The first kappa shape index (κ1) is 9.07. The summed E-state index contributed by atoms with van der Waals surface area (Å²) < 4.78 is 1.04. The van der Waals surface area contributed by atoms with Crippen LogP contribution >= 0.6 is 24.0 Å². The van der Waals surface area contributed by atoms with Crippen molar-refractivity contribution in [2.75, 3.05) is 0 Å². The molecule has 0 radical (unpaired) electrons. The van der Waals surface area contributed by atoms with E-state index in [1.807, 2.05) is 6.92 Å². The smallest absolute Gasteiger partial charge is 0.0993 e. The number of aromatic nitrogens is 1. The maximum absolute atomic E-state index is 4.42. The molecule has 0 amide bonds. The highest BCUT2D eigenvalue weighted by molar-refractivity contribution is 7.82. The molecule has 1 aromatic heterocycles. The van der Waals surface area contributed by atoms with E-state index < -0.39 is 0 Å². The van der Waals surface area contributed by atoms with Gasteiger partial charge in [-0.05, 0) is 6.92 Å². The van der Waals surface area contributed by atoms with Gasteiger partial charge in [0.05, 0.1) is 14.9 Å². The molecular formula is C8H13NS2. The van der Waals surface area contributed by atoms with Crippen LogP contribution in [-0.4, -0.2) is 4.98 Å². The number of thiazole rings is 1. The molecule has 0 saturated carbocycles. The minimum atomic E-state index is 0.163. The van der Waals surface area contributed by atoms with Gasteiger partial charge in [0.15, 0.2) is 0 Å². The molecule has 1 heterocycles. The van der Waals surface area contributed by atoms with Crippen LogP contribution in [0.5, 0.6) is 0 Å². The molecule has 0 N–H and O–H groups in total. The second-order valence-electron chi connectivity index (χ2n) is 3.66. The normalized spacial score (nSPS) is 12.1. The first-order chi connectivity index (χ1) is 4.91. The molecule has 0 aromatic carbocycles. The van der Waals surface area contributed by atoms with Gasteiger partial charge in [0.25, 0.3) is 0 Å². The molecule has 3 heteroatoms. The summed E-state index contributed by atoms with van der Waals surface area (Å²) in [5, 5.41) is 1.17. The zero-order valence-corrected chi connectivity index (χ0v) is 9.01. The van der Waals surface area contributed by atoms with Crippen molar-refractivity contribution in [3.05, 3.63) is 10.7 Å². The van der Waals surface area contributed by atoms with E-state index in [0.29, 0.717) is 0 Å². The highest BCUT2D eigenvalue weighted by Crippen LogP contribution is 2.30. The van der Waals surface area contributed by atoms with Crippen LogP contribution in [-0.2, 0) is 5.41 Å². The van der Waals surface area contributed by atoms with Gasteiger partial charge in [-0.1, -0.05) is 20.8 Å². The molecule has 1 nitrogen and oxygen atoms in total. The summed E-state index contributed by atoms with van der Waals surface area (Å²) in [5.41, 5.74) is 1.21. The van der Waals surface area contributed by atoms with Crippen molar-refractivity contribution in [3.8, 4) is 0 Å². The number of nitrogens with zero attached hydrogens (tertiary/aromatic N) is 1. The van der Waals surface area contributed by atoms with Gasteiger partial charge >= 0.3 is 0 Å². The monoisotopic (exact) mass is 187 g/mol. The Bertz CT molecular complexity index is 238. The summed E-state index contributed by atoms with van der Waals surface area (Å²) in [6.07, 6.45) is 0. The number of rotatable bonds is 0. The molecule has 0 bridgehead atoms. The maximum Gasteiger partial charge on any atom is 0.0993 e. The van der Waals surface area contributed by atoms with Gasteiger partial charge in [0.2, 0.25) is 0 Å². The van der Waals surface area contributed by atoms with Crippen LogP contribution in [0.1, 0.15) is 31.5 Å². The van der Waals surface area contributed by atoms with E-state index in [0.717, 1.165) is 9.90 Å². The fourth-order valence-corrected chi connectivity index (χ4v) is 1.88. The fourth-order valence-electron chi connectivity index (χ4n) is 0.709. The molecule has 0 atom stereocenters. The Kier molecular flexibility index (Phi) is 2.30. The van der Waals surface area contributed by atoms with Crippen LogP contribution in [0.2, 0.25) is 0 Å². The summed E-state index contributed by atoms with van der Waals surface area (Å²) in [7, 11) is 0. The summed E-state index contributed by atoms with van der Waals surface area (Å²) in [6, 6.07) is 0. The Morgan fingerprint density at radius 3 is 2.09 bits per heavy atom. The summed E-state index contributed by atoms with van der Waals surface area (Å²) in [4.78, 5) is 4.42. The second-order valence-corrected chi connectivity index (χ2v) is 5.41. The van der Waals surface area contributed by atoms with Gasteiger partial charge in [-0.2, -0.15) is 0 Å². The van der Waals surface area contributed by atoms with Crippen molar-refractivity contribution < 1.29 is 0 Å². The van der Waals surface area contributed by atoms with Crippen LogP contribution in [0.4, 0.5) is 0 Å². The molecule has 11 heavy (non-hydrogen) atoms. The zero-order chi connectivity index (χ0) is 8.65. The Balaban J connectivity index is 3.08. The van der Waals surface area contributed by atoms with Crippen LogP contribution in [0.25, 0.3) is 0 Å². The Morgan fingerprint density at radius 1 is 1.36 bits per heavy atom. The van der Waals surface area contributed by atoms with E-state index in [2.05, 4.69) is 38.4 Å². The number of hydrogen-bond acceptors (Lipinski definition) is 3. The van der Waals surface area contributed by atoms with Crippen molar-refractivity contribution >= 4 is 24.0 Å². The first-order valence-electron chi connectivity index (χ1n) is 3.58. The van der Waals surface area contributed by atoms with E-state index in [1.54, 1.807) is 11.3 Å². The van der Waals surface area contributed by atoms with E-state index in [-0.39, 0.29) is 5.41 Å². The highest BCUT2D eigenvalue weighted by Gasteiger charge is 2.18. The molecule has 1 rings (SSSR count). The van der Waals surface area contributed by atoms with E-state index in [4.69, 9.17) is 0 Å². The number of aryl methyl sites for hydroxylation is 1. The average Bonchev–Trinajstić information content (AvgIpc) is 2.11. The molecule has 0 aliphatic heterocycles. The lowest BCUT2D eigenvalue weighted by Gasteiger charge is -2.13. The molecule has 0 aliphatic carbocycles. The van der Waals surface area contributed by atoms with Crippen molar-refractivity contribution in [2.45, 2.75) is 37.3 Å². The molecule has 0 saturated heterocycles. The van der Waals surface area contributed by atoms with Crippen LogP contribution < -0.4 is 0 Å². The minimum Gasteiger partial charge on any atom is -0.245 e. The molecule has 62 valence electrons. The van der Waals surface area contributed by atoms with Crippen molar-refractivity contribution in [3.63, 3.8) is 0 Å². The number of hydrogen-bond donors (Lipinski definition) is 1. The lowest BCUT2D eigenvalue weighted by Crippen LogP contribution is -2.10. The van der Waals surface area contributed by atoms with Gasteiger partial charge < -0.3 is 0 Å². The topological polar surface area (TPSA) is 12.9 Å². The molecule has 1 aromatic rings. The summed E-state index contributed by atoms with van der Waals surface area (Å²) in [5.74, 6) is 0. The molecular weight excluding hydrogens is 174 g/mol. The van der Waals surface area contributed by atoms with Crippen LogP contribution in [0, 0.1) is 6.92 Å². The zero-order valence-electron chi connectivity index (χ0n) is 7.30. The van der Waals surface area contributed by atoms with Crippen molar-refractivity contribution in [1.82, 2.24) is 4.98 Å². The predicted octanol–water partition coefficient (Wildman–Crippen LogP) is 3.04. The third-order valence-electron chi connectivity index (χ3n) is 1.41. The molecule has 0 aliphatic rings. The highest BCUT2D eigenvalue weighted by atomic mass is 32.2. The minimum absolute atomic E-state index is 0.163. The third-order valence-corrected chi connectivity index (χ3v) is 3.40. The predicted molar refractivity (Wildman–Crippen MR) is 52.8 cm³/mol. The third kappa shape index (κ3) is 1.97. The van der Waals surface area contributed by atoms with Crippen LogP contribution in [0.3, 0.4) is 0 Å². The largest absolute Gasteiger partial charge is 0.245 e. The molecule has 0 spiro atoms. The van der Waals surface area contributed by atoms with Gasteiger partial charge in [0.1, 0.15) is 0 Å². The van der Waals surface area contributed by atoms with Gasteiger partial charge in [-0.15, -0.1) is 24.0 Å². The van der Waals surface area contributed by atoms with E-state index >= 15 is 0 Å². The van der Waals surface area contributed by atoms with Crippen molar-refractivity contribution in [2.24, 2.45) is 0 Å². The van der Waals surface area contributed by atoms with E-state index in [1.165, 1.54) is 5.01 Å². The Hall–Kier alpha value is -0.0200. The number of thiol groups is 1. The van der Waals surface area contributed by atoms with Gasteiger partial charge in [0, 0.05) is 5.41 Å². The van der Waals surface area contributed by atoms with Gasteiger partial charge in [-0.25, -0.2) is 4.98 Å². The Labute approximate surface area is 77.3 Å². The van der Waals surface area contributed by atoms with Crippen LogP contribution in [0.15, 0.2) is 4.21 Å². The van der Waals surface area contributed by atoms with Crippen molar-refractivity contribution in [1.29, 1.82) is 0 Å². The maximum atomic E-state index is 4.42. The lowest BCUT2D eigenvalue weighted by atomic mass is 9.98. The molecule has 0 unspecified atom stereocenters. The Morgan fingerprint density at radius 2 is 1.91 bits per heavy atom.